The van der Waals surface area contributed by atoms with Crippen LogP contribution in [0.1, 0.15) is 20.8 Å². The molecule has 0 aromatic heterocycles. The van der Waals surface area contributed by atoms with Crippen molar-refractivity contribution in [2.24, 2.45) is 0 Å². The number of amides is 1. The molecule has 2 aliphatic heterocycles. The van der Waals surface area contributed by atoms with Crippen molar-refractivity contribution in [1.29, 1.82) is 0 Å². The average molecular weight is 278 g/mol. The van der Waals surface area contributed by atoms with E-state index < -0.39 is 5.60 Å². The molecule has 6 heteroatoms. The van der Waals surface area contributed by atoms with E-state index >= 15 is 0 Å². The smallest absolute Gasteiger partial charge is 0.410 e. The summed E-state index contributed by atoms with van der Waals surface area (Å²) in [4.78, 5) is 16.2. The van der Waals surface area contributed by atoms with Crippen LogP contribution < -0.4 is 5.32 Å². The van der Waals surface area contributed by atoms with Crippen LogP contribution in [0.5, 0.6) is 0 Å². The minimum absolute atomic E-state index is 0. The Hall–Kier alpha value is -0.520. The van der Waals surface area contributed by atoms with Gasteiger partial charge in [0.2, 0.25) is 0 Å². The summed E-state index contributed by atoms with van der Waals surface area (Å²) in [5, 5.41) is 3.37. The number of halogens is 1. The van der Waals surface area contributed by atoms with Gasteiger partial charge in [0, 0.05) is 45.3 Å². The number of carbonyl (C=O) groups is 1. The number of ether oxygens (including phenoxy) is 1. The van der Waals surface area contributed by atoms with Gasteiger partial charge in [-0.3, -0.25) is 4.90 Å². The molecule has 0 spiro atoms. The van der Waals surface area contributed by atoms with Gasteiger partial charge in [-0.1, -0.05) is 0 Å². The Balaban J connectivity index is 0.00000162. The molecule has 1 amide bonds. The second-order valence-electron chi connectivity index (χ2n) is 5.82. The highest BCUT2D eigenvalue weighted by Gasteiger charge is 2.32. The minimum atomic E-state index is -0.404. The molecule has 0 radical (unpaired) electrons. The Labute approximate surface area is 115 Å². The second-order valence-corrected chi connectivity index (χ2v) is 5.82. The van der Waals surface area contributed by atoms with E-state index in [1.54, 1.807) is 0 Å². The summed E-state index contributed by atoms with van der Waals surface area (Å²) >= 11 is 0. The van der Waals surface area contributed by atoms with Gasteiger partial charge < -0.3 is 15.0 Å². The average Bonchev–Trinajstić information content (AvgIpc) is 2.26. The van der Waals surface area contributed by atoms with Crippen molar-refractivity contribution >= 4 is 18.5 Å². The number of hydrogen-bond donors (Lipinski definition) is 1. The molecule has 2 rings (SSSR count). The van der Waals surface area contributed by atoms with Crippen molar-refractivity contribution in [1.82, 2.24) is 15.1 Å². The van der Waals surface area contributed by atoms with Gasteiger partial charge >= 0.3 is 6.09 Å². The molecule has 0 saturated carbocycles. The van der Waals surface area contributed by atoms with Crippen LogP contribution >= 0.6 is 12.4 Å². The van der Waals surface area contributed by atoms with E-state index in [9.17, 15) is 4.79 Å². The van der Waals surface area contributed by atoms with Crippen LogP contribution in [-0.2, 0) is 4.74 Å². The van der Waals surface area contributed by atoms with Crippen molar-refractivity contribution in [3.05, 3.63) is 0 Å². The van der Waals surface area contributed by atoms with Crippen LogP contribution in [0.3, 0.4) is 0 Å². The topological polar surface area (TPSA) is 44.8 Å². The van der Waals surface area contributed by atoms with E-state index in [-0.39, 0.29) is 18.5 Å². The standard InChI is InChI=1S/C12H23N3O2.ClH/c1-12(2,3)17-11(16)15-7-6-14-5-4-13-8-10(14)9-15;/h10,13H,4-9H2,1-3H3;1H. The summed E-state index contributed by atoms with van der Waals surface area (Å²) < 4.78 is 5.40. The van der Waals surface area contributed by atoms with Gasteiger partial charge in [0.25, 0.3) is 0 Å². The van der Waals surface area contributed by atoms with Gasteiger partial charge in [0.15, 0.2) is 0 Å². The van der Waals surface area contributed by atoms with Crippen molar-refractivity contribution in [2.45, 2.75) is 32.4 Å². The molecule has 2 fully saturated rings. The Morgan fingerprint density at radius 1 is 1.28 bits per heavy atom. The van der Waals surface area contributed by atoms with Crippen LogP contribution in [0.25, 0.3) is 0 Å². The van der Waals surface area contributed by atoms with Crippen molar-refractivity contribution < 1.29 is 9.53 Å². The molecule has 1 atom stereocenters. The van der Waals surface area contributed by atoms with Crippen LogP contribution in [0, 0.1) is 0 Å². The predicted molar refractivity (Wildman–Crippen MR) is 73.3 cm³/mol. The molecular formula is C12H24ClN3O2. The zero-order valence-electron chi connectivity index (χ0n) is 11.4. The lowest BCUT2D eigenvalue weighted by Crippen LogP contribution is -2.62. The Kier molecular flexibility index (Phi) is 5.25. The molecule has 1 unspecified atom stereocenters. The molecule has 0 aromatic rings. The fourth-order valence-electron chi connectivity index (χ4n) is 2.36. The molecule has 18 heavy (non-hydrogen) atoms. The van der Waals surface area contributed by atoms with Gasteiger partial charge in [-0.25, -0.2) is 4.79 Å². The van der Waals surface area contributed by atoms with Crippen molar-refractivity contribution in [2.75, 3.05) is 39.3 Å². The van der Waals surface area contributed by atoms with E-state index in [4.69, 9.17) is 4.74 Å². The lowest BCUT2D eigenvalue weighted by atomic mass is 10.1. The number of carbonyl (C=O) groups excluding carboxylic acids is 1. The van der Waals surface area contributed by atoms with Gasteiger partial charge in [-0.15, -0.1) is 12.4 Å². The van der Waals surface area contributed by atoms with E-state index in [2.05, 4.69) is 10.2 Å². The zero-order chi connectivity index (χ0) is 12.5. The SMILES string of the molecule is CC(C)(C)OC(=O)N1CCN2CCNCC2C1.Cl. The molecule has 106 valence electrons. The lowest BCUT2D eigenvalue weighted by molar-refractivity contribution is 0.000294. The second kappa shape index (κ2) is 6.08. The van der Waals surface area contributed by atoms with E-state index in [1.165, 1.54) is 0 Å². The minimum Gasteiger partial charge on any atom is -0.444 e. The number of nitrogens with one attached hydrogen (secondary N) is 1. The third-order valence-electron chi connectivity index (χ3n) is 3.21. The molecule has 0 aliphatic carbocycles. The van der Waals surface area contributed by atoms with E-state index in [0.717, 1.165) is 39.3 Å². The third kappa shape index (κ3) is 4.00. The molecule has 0 bridgehead atoms. The molecule has 1 N–H and O–H groups in total. The highest BCUT2D eigenvalue weighted by Crippen LogP contribution is 2.15. The number of piperazine rings is 2. The quantitative estimate of drug-likeness (QED) is 0.716. The molecule has 2 heterocycles. The van der Waals surface area contributed by atoms with Gasteiger partial charge in [-0.2, -0.15) is 0 Å². The summed E-state index contributed by atoms with van der Waals surface area (Å²) in [6.07, 6.45) is -0.178. The van der Waals surface area contributed by atoms with Gasteiger partial charge in [0.1, 0.15) is 5.60 Å². The largest absolute Gasteiger partial charge is 0.444 e. The number of fused-ring (bicyclic) bond motifs is 1. The summed E-state index contributed by atoms with van der Waals surface area (Å²) in [6, 6.07) is 0.449. The molecular weight excluding hydrogens is 254 g/mol. The van der Waals surface area contributed by atoms with E-state index in [1.807, 2.05) is 25.7 Å². The van der Waals surface area contributed by atoms with Crippen LogP contribution in [0.2, 0.25) is 0 Å². The summed E-state index contributed by atoms with van der Waals surface area (Å²) in [5.74, 6) is 0. The van der Waals surface area contributed by atoms with Crippen LogP contribution in [-0.4, -0.2) is 66.8 Å². The zero-order valence-corrected chi connectivity index (χ0v) is 12.3. The first-order valence-electron chi connectivity index (χ1n) is 6.38. The van der Waals surface area contributed by atoms with Crippen molar-refractivity contribution in [3.63, 3.8) is 0 Å². The lowest BCUT2D eigenvalue weighted by Gasteiger charge is -2.44. The molecule has 2 saturated heterocycles. The summed E-state index contributed by atoms with van der Waals surface area (Å²) in [6.45, 7) is 11.4. The molecule has 0 aromatic carbocycles. The summed E-state index contributed by atoms with van der Waals surface area (Å²) in [5.41, 5.74) is -0.404. The Bertz CT molecular complexity index is 294. The summed E-state index contributed by atoms with van der Waals surface area (Å²) in [7, 11) is 0. The molecule has 2 aliphatic rings. The monoisotopic (exact) mass is 277 g/mol. The Morgan fingerprint density at radius 3 is 2.67 bits per heavy atom. The van der Waals surface area contributed by atoms with Crippen LogP contribution in [0.15, 0.2) is 0 Å². The highest BCUT2D eigenvalue weighted by atomic mass is 35.5. The van der Waals surface area contributed by atoms with E-state index in [0.29, 0.717) is 6.04 Å². The number of hydrogen-bond acceptors (Lipinski definition) is 4. The first kappa shape index (κ1) is 15.5. The third-order valence-corrected chi connectivity index (χ3v) is 3.21. The fourth-order valence-corrected chi connectivity index (χ4v) is 2.36. The molecule has 5 nitrogen and oxygen atoms in total. The maximum absolute atomic E-state index is 12.0. The van der Waals surface area contributed by atoms with Crippen molar-refractivity contribution in [3.8, 4) is 0 Å². The van der Waals surface area contributed by atoms with Gasteiger partial charge in [0.05, 0.1) is 0 Å². The van der Waals surface area contributed by atoms with Crippen LogP contribution in [0.4, 0.5) is 4.79 Å². The maximum Gasteiger partial charge on any atom is 0.410 e. The number of rotatable bonds is 0. The predicted octanol–water partition coefficient (Wildman–Crippen LogP) is 0.933. The fraction of sp³-hybridized carbons (Fsp3) is 0.917. The number of nitrogens with zero attached hydrogens (tertiary/aromatic N) is 2. The first-order chi connectivity index (χ1) is 7.96. The highest BCUT2D eigenvalue weighted by molar-refractivity contribution is 5.85. The normalized spacial score (nSPS) is 25.1. The van der Waals surface area contributed by atoms with Gasteiger partial charge in [-0.05, 0) is 20.8 Å². The Morgan fingerprint density at radius 2 is 2.00 bits per heavy atom. The maximum atomic E-state index is 12.0. The first-order valence-corrected chi connectivity index (χ1v) is 6.38.